The first kappa shape index (κ1) is 22.4. The van der Waals surface area contributed by atoms with E-state index < -0.39 is 17.2 Å². The van der Waals surface area contributed by atoms with Gasteiger partial charge in [-0.1, -0.05) is 6.07 Å². The van der Waals surface area contributed by atoms with Gasteiger partial charge in [-0.05, 0) is 52.3 Å². The predicted molar refractivity (Wildman–Crippen MR) is 106 cm³/mol. The molecule has 8 nitrogen and oxygen atoms in total. The Balaban J connectivity index is 2.58. The second kappa shape index (κ2) is 9.34. The smallest absolute Gasteiger partial charge is 0.408 e. The van der Waals surface area contributed by atoms with Crippen LogP contribution >= 0.6 is 0 Å². The fourth-order valence-electron chi connectivity index (χ4n) is 2.15. The fraction of sp³-hybridized carbons (Fsp3) is 0.579. The molecule has 0 heterocycles. The normalized spacial score (nSPS) is 12.3. The zero-order chi connectivity index (χ0) is 20.7. The lowest BCUT2D eigenvalue weighted by Crippen LogP contribution is -2.53. The van der Waals surface area contributed by atoms with E-state index in [4.69, 9.17) is 19.9 Å². The molecule has 1 aromatic carbocycles. The van der Waals surface area contributed by atoms with Crippen LogP contribution in [-0.2, 0) is 11.3 Å². The molecule has 0 atom stereocenters. The van der Waals surface area contributed by atoms with Crippen LogP contribution in [0.25, 0.3) is 0 Å². The molecule has 8 heteroatoms. The highest BCUT2D eigenvalue weighted by Crippen LogP contribution is 2.27. The van der Waals surface area contributed by atoms with Crippen LogP contribution in [0.5, 0.6) is 11.5 Å². The quantitative estimate of drug-likeness (QED) is 0.495. The third kappa shape index (κ3) is 8.52. The van der Waals surface area contributed by atoms with Crippen LogP contribution in [0.1, 0.15) is 40.2 Å². The molecule has 0 saturated heterocycles. The molecule has 1 rings (SSSR count). The van der Waals surface area contributed by atoms with Crippen LogP contribution in [0.3, 0.4) is 0 Å². The van der Waals surface area contributed by atoms with Gasteiger partial charge in [-0.15, -0.1) is 0 Å². The average molecular weight is 380 g/mol. The highest BCUT2D eigenvalue weighted by atomic mass is 16.6. The van der Waals surface area contributed by atoms with Crippen LogP contribution in [0.2, 0.25) is 0 Å². The Morgan fingerprint density at radius 1 is 1.11 bits per heavy atom. The highest BCUT2D eigenvalue weighted by Gasteiger charge is 2.24. The van der Waals surface area contributed by atoms with Crippen molar-refractivity contribution in [1.29, 1.82) is 0 Å². The lowest BCUT2D eigenvalue weighted by Gasteiger charge is -2.29. The first-order valence-corrected chi connectivity index (χ1v) is 8.71. The number of nitrogens with one attached hydrogen (secondary N) is 2. The van der Waals surface area contributed by atoms with E-state index >= 15 is 0 Å². The molecule has 0 aromatic heterocycles. The van der Waals surface area contributed by atoms with Crippen molar-refractivity contribution in [1.82, 2.24) is 10.6 Å². The molecule has 1 aromatic rings. The number of ether oxygens (including phenoxy) is 3. The van der Waals surface area contributed by atoms with Gasteiger partial charge in [0.1, 0.15) is 5.60 Å². The van der Waals surface area contributed by atoms with Crippen molar-refractivity contribution >= 4 is 12.1 Å². The van der Waals surface area contributed by atoms with Crippen molar-refractivity contribution < 1.29 is 19.0 Å². The summed E-state index contributed by atoms with van der Waals surface area (Å²) in [5.41, 5.74) is 5.75. The molecule has 0 aliphatic heterocycles. The summed E-state index contributed by atoms with van der Waals surface area (Å²) < 4.78 is 15.8. The standard InChI is InChI=1S/C19H32N4O4/c1-18(2,3)27-17(24)23-19(4,5)12-22-16(20)21-11-13-8-9-14(25-6)15(10-13)26-7/h8-10H,11-12H2,1-7H3,(H,23,24)(H3,20,21,22). The van der Waals surface area contributed by atoms with Gasteiger partial charge in [-0.25, -0.2) is 9.79 Å². The summed E-state index contributed by atoms with van der Waals surface area (Å²) in [6.45, 7) is 9.97. The SMILES string of the molecule is COc1ccc(CN=C(N)NCC(C)(C)NC(=O)OC(C)(C)C)cc1OC. The Hall–Kier alpha value is -2.64. The van der Waals surface area contributed by atoms with E-state index in [-0.39, 0.29) is 5.96 Å². The maximum absolute atomic E-state index is 11.9. The molecule has 27 heavy (non-hydrogen) atoms. The molecule has 152 valence electrons. The minimum Gasteiger partial charge on any atom is -0.493 e. The van der Waals surface area contributed by atoms with Crippen molar-refractivity contribution in [2.24, 2.45) is 10.7 Å². The summed E-state index contributed by atoms with van der Waals surface area (Å²) in [6.07, 6.45) is -0.477. The second-order valence-corrected chi connectivity index (χ2v) is 7.76. The number of guanidine groups is 1. The van der Waals surface area contributed by atoms with Gasteiger partial charge in [-0.2, -0.15) is 0 Å². The van der Waals surface area contributed by atoms with Crippen LogP contribution < -0.4 is 25.8 Å². The maximum Gasteiger partial charge on any atom is 0.408 e. The van der Waals surface area contributed by atoms with Crippen molar-refractivity contribution in [3.05, 3.63) is 23.8 Å². The number of amides is 1. The monoisotopic (exact) mass is 380 g/mol. The molecule has 0 bridgehead atoms. The van der Waals surface area contributed by atoms with Crippen molar-refractivity contribution in [3.63, 3.8) is 0 Å². The number of methoxy groups -OCH3 is 2. The lowest BCUT2D eigenvalue weighted by molar-refractivity contribution is 0.0474. The molecule has 0 aliphatic rings. The molecule has 0 fully saturated rings. The Morgan fingerprint density at radius 3 is 2.30 bits per heavy atom. The van der Waals surface area contributed by atoms with Crippen LogP contribution in [0.4, 0.5) is 4.79 Å². The first-order valence-electron chi connectivity index (χ1n) is 8.71. The average Bonchev–Trinajstić information content (AvgIpc) is 2.55. The van der Waals surface area contributed by atoms with E-state index in [2.05, 4.69) is 15.6 Å². The summed E-state index contributed by atoms with van der Waals surface area (Å²) in [5, 5.41) is 5.82. The Morgan fingerprint density at radius 2 is 1.74 bits per heavy atom. The number of benzene rings is 1. The van der Waals surface area contributed by atoms with Gasteiger partial charge in [0.25, 0.3) is 0 Å². The number of carbonyl (C=O) groups is 1. The van der Waals surface area contributed by atoms with Gasteiger partial charge in [-0.3, -0.25) is 0 Å². The summed E-state index contributed by atoms with van der Waals surface area (Å²) in [4.78, 5) is 16.2. The Labute approximate surface area is 161 Å². The fourth-order valence-corrected chi connectivity index (χ4v) is 2.15. The van der Waals surface area contributed by atoms with E-state index in [0.29, 0.717) is 24.6 Å². The van der Waals surface area contributed by atoms with Gasteiger partial charge >= 0.3 is 6.09 Å². The molecular weight excluding hydrogens is 348 g/mol. The molecule has 0 spiro atoms. The number of nitrogens with two attached hydrogens (primary N) is 1. The minimum atomic E-state index is -0.564. The maximum atomic E-state index is 11.9. The predicted octanol–water partition coefficient (Wildman–Crippen LogP) is 2.41. The summed E-state index contributed by atoms with van der Waals surface area (Å²) >= 11 is 0. The number of alkyl carbamates (subject to hydrolysis) is 1. The number of carbonyl (C=O) groups excluding carboxylic acids is 1. The van der Waals surface area contributed by atoms with E-state index in [1.54, 1.807) is 14.2 Å². The van der Waals surface area contributed by atoms with Gasteiger partial charge in [0.05, 0.1) is 26.3 Å². The number of hydrogen-bond acceptors (Lipinski definition) is 5. The van der Waals surface area contributed by atoms with E-state index in [0.717, 1.165) is 5.56 Å². The van der Waals surface area contributed by atoms with Gasteiger partial charge in [0, 0.05) is 6.54 Å². The lowest BCUT2D eigenvalue weighted by atomic mass is 10.1. The van der Waals surface area contributed by atoms with E-state index in [1.807, 2.05) is 52.8 Å². The first-order chi connectivity index (χ1) is 12.5. The Bertz CT molecular complexity index is 666. The van der Waals surface area contributed by atoms with Crippen LogP contribution in [0, 0.1) is 0 Å². The Kier molecular flexibility index (Phi) is 7.75. The number of nitrogens with zero attached hydrogens (tertiary/aromatic N) is 1. The molecule has 0 unspecified atom stereocenters. The van der Waals surface area contributed by atoms with Crippen molar-refractivity contribution in [2.75, 3.05) is 20.8 Å². The van der Waals surface area contributed by atoms with E-state index in [9.17, 15) is 4.79 Å². The topological polar surface area (TPSA) is 107 Å². The van der Waals surface area contributed by atoms with Gasteiger partial charge in [0.2, 0.25) is 0 Å². The summed E-state index contributed by atoms with van der Waals surface area (Å²) in [6, 6.07) is 5.57. The van der Waals surface area contributed by atoms with Crippen molar-refractivity contribution in [2.45, 2.75) is 52.3 Å². The third-order valence-electron chi connectivity index (χ3n) is 3.43. The molecular formula is C19H32N4O4. The molecule has 1 amide bonds. The van der Waals surface area contributed by atoms with Crippen molar-refractivity contribution in [3.8, 4) is 11.5 Å². The zero-order valence-electron chi connectivity index (χ0n) is 17.3. The second-order valence-electron chi connectivity index (χ2n) is 7.76. The van der Waals surface area contributed by atoms with Crippen LogP contribution in [-0.4, -0.2) is 44.0 Å². The highest BCUT2D eigenvalue weighted by molar-refractivity contribution is 5.78. The zero-order valence-corrected chi connectivity index (χ0v) is 17.3. The molecule has 4 N–H and O–H groups in total. The number of rotatable bonds is 7. The molecule has 0 saturated carbocycles. The summed E-state index contributed by atoms with van der Waals surface area (Å²) in [7, 11) is 3.17. The van der Waals surface area contributed by atoms with Gasteiger partial charge in [0.15, 0.2) is 17.5 Å². The van der Waals surface area contributed by atoms with Crippen LogP contribution in [0.15, 0.2) is 23.2 Å². The third-order valence-corrected chi connectivity index (χ3v) is 3.43. The number of hydrogen-bond donors (Lipinski definition) is 3. The minimum absolute atomic E-state index is 0.281. The summed E-state index contributed by atoms with van der Waals surface area (Å²) in [5.74, 6) is 1.58. The molecule has 0 aliphatic carbocycles. The van der Waals surface area contributed by atoms with E-state index in [1.165, 1.54) is 0 Å². The largest absolute Gasteiger partial charge is 0.493 e. The number of aliphatic imine (C=N–C) groups is 1. The molecule has 0 radical (unpaired) electrons. The van der Waals surface area contributed by atoms with Gasteiger partial charge < -0.3 is 30.6 Å².